The van der Waals surface area contributed by atoms with Crippen LogP contribution in [0, 0.1) is 0 Å². The topological polar surface area (TPSA) is 41.8 Å². The SMILES string of the molecule is O/N=C(/c1ccccc1)[C@@]1(c2ccccc2)CCC(c2ccccc2)=C(c2ccccc2)O1. The maximum Gasteiger partial charge on any atom is 0.180 e. The van der Waals surface area contributed by atoms with Crippen LogP contribution in [0.5, 0.6) is 0 Å². The van der Waals surface area contributed by atoms with Crippen LogP contribution in [0.1, 0.15) is 35.1 Å². The molecule has 33 heavy (non-hydrogen) atoms. The third kappa shape index (κ3) is 3.94. The second-order valence-electron chi connectivity index (χ2n) is 8.15. The molecule has 1 aliphatic rings. The number of nitrogens with zero attached hydrogens (tertiary/aromatic N) is 1. The lowest BCUT2D eigenvalue weighted by Crippen LogP contribution is -2.41. The van der Waals surface area contributed by atoms with Gasteiger partial charge in [0.05, 0.1) is 0 Å². The van der Waals surface area contributed by atoms with Gasteiger partial charge in [0.2, 0.25) is 0 Å². The smallest absolute Gasteiger partial charge is 0.180 e. The highest BCUT2D eigenvalue weighted by Crippen LogP contribution is 2.47. The lowest BCUT2D eigenvalue weighted by Gasteiger charge is -2.41. The average molecular weight is 432 g/mol. The number of allylic oxidation sites excluding steroid dienone is 1. The molecule has 0 aliphatic carbocycles. The zero-order valence-electron chi connectivity index (χ0n) is 18.3. The summed E-state index contributed by atoms with van der Waals surface area (Å²) in [7, 11) is 0. The zero-order valence-corrected chi connectivity index (χ0v) is 18.3. The van der Waals surface area contributed by atoms with E-state index in [0.717, 1.165) is 40.0 Å². The Morgan fingerprint density at radius 3 is 1.76 bits per heavy atom. The maximum atomic E-state index is 10.3. The van der Waals surface area contributed by atoms with Gasteiger partial charge in [-0.25, -0.2) is 0 Å². The van der Waals surface area contributed by atoms with Crippen molar-refractivity contribution in [2.45, 2.75) is 18.4 Å². The van der Waals surface area contributed by atoms with Crippen LogP contribution in [-0.2, 0) is 10.3 Å². The van der Waals surface area contributed by atoms with Gasteiger partial charge in [-0.3, -0.25) is 0 Å². The van der Waals surface area contributed by atoms with Crippen molar-refractivity contribution < 1.29 is 9.94 Å². The van der Waals surface area contributed by atoms with E-state index in [9.17, 15) is 5.21 Å². The zero-order chi connectivity index (χ0) is 22.5. The van der Waals surface area contributed by atoms with Crippen molar-refractivity contribution in [2.24, 2.45) is 5.16 Å². The molecule has 1 aliphatic heterocycles. The Kier molecular flexibility index (Phi) is 5.77. The Hall–Kier alpha value is -4.11. The first-order valence-electron chi connectivity index (χ1n) is 11.2. The standard InChI is InChI=1S/C30H25NO2/c32-31-29(25-17-9-3-10-18-25)30(26-19-11-4-12-20-26)22-21-27(23-13-5-1-6-14-23)28(33-30)24-15-7-2-8-16-24/h1-20,32H,21-22H2/b31-29-/t30-/m0/s1. The van der Waals surface area contributed by atoms with E-state index in [0.29, 0.717) is 12.1 Å². The van der Waals surface area contributed by atoms with Crippen LogP contribution >= 0.6 is 0 Å². The predicted octanol–water partition coefficient (Wildman–Crippen LogP) is 7.14. The van der Waals surface area contributed by atoms with Crippen molar-refractivity contribution in [3.63, 3.8) is 0 Å². The molecule has 0 saturated carbocycles. The molecule has 0 saturated heterocycles. The second-order valence-corrected chi connectivity index (χ2v) is 8.15. The van der Waals surface area contributed by atoms with Crippen molar-refractivity contribution in [3.8, 4) is 0 Å². The van der Waals surface area contributed by atoms with Crippen molar-refractivity contribution in [3.05, 3.63) is 144 Å². The number of benzene rings is 4. The third-order valence-corrected chi connectivity index (χ3v) is 6.21. The lowest BCUT2D eigenvalue weighted by atomic mass is 9.77. The molecule has 3 heteroatoms. The van der Waals surface area contributed by atoms with E-state index in [-0.39, 0.29) is 0 Å². The highest BCUT2D eigenvalue weighted by Gasteiger charge is 2.45. The average Bonchev–Trinajstić information content (AvgIpc) is 2.91. The summed E-state index contributed by atoms with van der Waals surface area (Å²) in [5.74, 6) is 0.814. The lowest BCUT2D eigenvalue weighted by molar-refractivity contribution is 0.0866. The van der Waals surface area contributed by atoms with Gasteiger partial charge in [-0.1, -0.05) is 126 Å². The van der Waals surface area contributed by atoms with Crippen LogP contribution in [-0.4, -0.2) is 10.9 Å². The Bertz CT molecular complexity index is 1270. The van der Waals surface area contributed by atoms with Crippen molar-refractivity contribution in [1.29, 1.82) is 0 Å². The van der Waals surface area contributed by atoms with E-state index in [1.54, 1.807) is 0 Å². The molecule has 0 spiro atoms. The van der Waals surface area contributed by atoms with Gasteiger partial charge in [-0.05, 0) is 12.0 Å². The minimum Gasteiger partial charge on any atom is -0.475 e. The van der Waals surface area contributed by atoms with Gasteiger partial charge in [-0.15, -0.1) is 0 Å². The first-order valence-corrected chi connectivity index (χ1v) is 11.2. The fraction of sp³-hybridized carbons (Fsp3) is 0.100. The first kappa shape index (κ1) is 20.8. The molecular weight excluding hydrogens is 406 g/mol. The van der Waals surface area contributed by atoms with Crippen LogP contribution in [0.4, 0.5) is 0 Å². The Labute approximate surface area is 194 Å². The monoisotopic (exact) mass is 431 g/mol. The largest absolute Gasteiger partial charge is 0.475 e. The summed E-state index contributed by atoms with van der Waals surface area (Å²) < 4.78 is 7.01. The van der Waals surface area contributed by atoms with Gasteiger partial charge < -0.3 is 9.94 Å². The molecular formula is C30H25NO2. The van der Waals surface area contributed by atoms with Gasteiger partial charge in [0, 0.05) is 28.7 Å². The van der Waals surface area contributed by atoms with Crippen molar-refractivity contribution in [2.75, 3.05) is 0 Å². The fourth-order valence-corrected chi connectivity index (χ4v) is 4.62. The molecule has 162 valence electrons. The van der Waals surface area contributed by atoms with Crippen LogP contribution < -0.4 is 0 Å². The summed E-state index contributed by atoms with van der Waals surface area (Å²) in [4.78, 5) is 0. The van der Waals surface area contributed by atoms with Gasteiger partial charge >= 0.3 is 0 Å². The Morgan fingerprint density at radius 1 is 0.667 bits per heavy atom. The Morgan fingerprint density at radius 2 is 1.18 bits per heavy atom. The first-order chi connectivity index (χ1) is 16.3. The highest BCUT2D eigenvalue weighted by atomic mass is 16.5. The summed E-state index contributed by atoms with van der Waals surface area (Å²) in [6, 6.07) is 40.4. The van der Waals surface area contributed by atoms with E-state index in [2.05, 4.69) is 41.6 Å². The molecule has 1 N–H and O–H groups in total. The number of rotatable bonds is 5. The summed E-state index contributed by atoms with van der Waals surface area (Å²) in [5.41, 5.74) is 4.66. The van der Waals surface area contributed by atoms with Gasteiger partial charge in [0.1, 0.15) is 11.5 Å². The molecule has 1 heterocycles. The molecule has 3 nitrogen and oxygen atoms in total. The molecule has 0 unspecified atom stereocenters. The van der Waals surface area contributed by atoms with E-state index in [1.165, 1.54) is 0 Å². The fourth-order valence-electron chi connectivity index (χ4n) is 4.62. The normalized spacial score (nSPS) is 18.6. The molecule has 0 amide bonds. The minimum atomic E-state index is -0.930. The Balaban J connectivity index is 1.73. The number of hydrogen-bond acceptors (Lipinski definition) is 3. The molecule has 0 aromatic heterocycles. The predicted molar refractivity (Wildman–Crippen MR) is 133 cm³/mol. The van der Waals surface area contributed by atoms with Crippen molar-refractivity contribution >= 4 is 17.0 Å². The number of hydrogen-bond donors (Lipinski definition) is 1. The number of ether oxygens (including phenoxy) is 1. The van der Waals surface area contributed by atoms with Crippen LogP contribution in [0.2, 0.25) is 0 Å². The maximum absolute atomic E-state index is 10.3. The molecule has 5 rings (SSSR count). The molecule has 0 bridgehead atoms. The summed E-state index contributed by atoms with van der Waals surface area (Å²) in [5, 5.41) is 14.1. The molecule has 4 aromatic carbocycles. The van der Waals surface area contributed by atoms with Gasteiger partial charge in [0.15, 0.2) is 5.60 Å². The second kappa shape index (κ2) is 9.17. The minimum absolute atomic E-state index is 0.509. The quantitative estimate of drug-likeness (QED) is 0.207. The summed E-state index contributed by atoms with van der Waals surface area (Å²) >= 11 is 0. The molecule has 4 aromatic rings. The van der Waals surface area contributed by atoms with Crippen LogP contribution in [0.15, 0.2) is 126 Å². The van der Waals surface area contributed by atoms with E-state index >= 15 is 0 Å². The van der Waals surface area contributed by atoms with Gasteiger partial charge in [-0.2, -0.15) is 0 Å². The third-order valence-electron chi connectivity index (χ3n) is 6.21. The molecule has 0 radical (unpaired) electrons. The van der Waals surface area contributed by atoms with E-state index in [4.69, 9.17) is 4.74 Å². The molecule has 0 fully saturated rings. The van der Waals surface area contributed by atoms with E-state index < -0.39 is 5.60 Å². The highest BCUT2D eigenvalue weighted by molar-refractivity contribution is 6.08. The van der Waals surface area contributed by atoms with Crippen LogP contribution in [0.3, 0.4) is 0 Å². The molecule has 1 atom stereocenters. The van der Waals surface area contributed by atoms with E-state index in [1.807, 2.05) is 84.9 Å². The summed E-state index contributed by atoms with van der Waals surface area (Å²) in [6.07, 6.45) is 1.42. The summed E-state index contributed by atoms with van der Waals surface area (Å²) in [6.45, 7) is 0. The van der Waals surface area contributed by atoms with Crippen molar-refractivity contribution in [1.82, 2.24) is 0 Å². The van der Waals surface area contributed by atoms with Gasteiger partial charge in [0.25, 0.3) is 0 Å². The number of oxime groups is 1. The van der Waals surface area contributed by atoms with Crippen LogP contribution in [0.25, 0.3) is 11.3 Å².